The number of rotatable bonds is 3. The van der Waals surface area contributed by atoms with Crippen molar-refractivity contribution < 1.29 is 4.79 Å². The lowest BCUT2D eigenvalue weighted by atomic mass is 9.76. The van der Waals surface area contributed by atoms with Crippen molar-refractivity contribution in [3.8, 4) is 0 Å². The summed E-state index contributed by atoms with van der Waals surface area (Å²) < 4.78 is 0. The number of hydrogen-bond acceptors (Lipinski definition) is 5. The molecule has 2 heterocycles. The molecule has 2 fully saturated rings. The lowest BCUT2D eigenvalue weighted by molar-refractivity contribution is -0.142. The van der Waals surface area contributed by atoms with E-state index < -0.39 is 5.54 Å². The van der Waals surface area contributed by atoms with Gasteiger partial charge in [-0.15, -0.1) is 11.3 Å². The molecule has 1 saturated carbocycles. The molecule has 1 aliphatic heterocycles. The van der Waals surface area contributed by atoms with Crippen molar-refractivity contribution in [3.63, 3.8) is 0 Å². The summed E-state index contributed by atoms with van der Waals surface area (Å²) in [5.74, 6) is 0.160. The second-order valence-electron chi connectivity index (χ2n) is 5.94. The van der Waals surface area contributed by atoms with Crippen LogP contribution in [-0.2, 0) is 11.3 Å². The molecule has 6 heteroatoms. The summed E-state index contributed by atoms with van der Waals surface area (Å²) >= 11 is 1.69. The van der Waals surface area contributed by atoms with Crippen molar-refractivity contribution in [1.82, 2.24) is 14.8 Å². The van der Waals surface area contributed by atoms with Crippen LogP contribution in [0.25, 0.3) is 0 Å². The van der Waals surface area contributed by atoms with Gasteiger partial charge in [0.2, 0.25) is 5.91 Å². The van der Waals surface area contributed by atoms with E-state index in [0.29, 0.717) is 0 Å². The van der Waals surface area contributed by atoms with Gasteiger partial charge in [0.15, 0.2) is 0 Å². The van der Waals surface area contributed by atoms with Crippen molar-refractivity contribution >= 4 is 17.2 Å². The molecular formula is C14H22N4OS. The molecule has 0 unspecified atom stereocenters. The van der Waals surface area contributed by atoms with E-state index in [2.05, 4.69) is 15.3 Å². The molecule has 3 rings (SSSR count). The van der Waals surface area contributed by atoms with Crippen LogP contribution in [0.2, 0.25) is 0 Å². The smallest absolute Gasteiger partial charge is 0.242 e. The van der Waals surface area contributed by atoms with Gasteiger partial charge in [0, 0.05) is 38.1 Å². The number of aromatic nitrogens is 1. The molecule has 1 aliphatic carbocycles. The number of thiazole rings is 1. The highest BCUT2D eigenvalue weighted by Crippen LogP contribution is 2.31. The molecule has 1 saturated heterocycles. The first-order valence-corrected chi connectivity index (χ1v) is 8.16. The lowest BCUT2D eigenvalue weighted by Gasteiger charge is -2.43. The summed E-state index contributed by atoms with van der Waals surface area (Å²) in [6.07, 6.45) is 2.79. The molecular weight excluding hydrogens is 272 g/mol. The highest BCUT2D eigenvalue weighted by atomic mass is 32.1. The number of carbonyl (C=O) groups excluding carboxylic acids is 1. The van der Waals surface area contributed by atoms with Crippen LogP contribution in [-0.4, -0.2) is 52.4 Å². The van der Waals surface area contributed by atoms with Crippen LogP contribution in [0, 0.1) is 6.92 Å². The summed E-state index contributed by atoms with van der Waals surface area (Å²) in [7, 11) is 0. The number of nitrogens with zero attached hydrogens (tertiary/aromatic N) is 3. The predicted octanol–water partition coefficient (Wildman–Crippen LogP) is 0.977. The average molecular weight is 294 g/mol. The van der Waals surface area contributed by atoms with Crippen molar-refractivity contribution in [1.29, 1.82) is 0 Å². The van der Waals surface area contributed by atoms with Gasteiger partial charge in [-0.05, 0) is 26.2 Å². The number of aryl methyl sites for hydroxylation is 1. The number of piperazine rings is 1. The van der Waals surface area contributed by atoms with Crippen LogP contribution in [0.5, 0.6) is 0 Å². The van der Waals surface area contributed by atoms with Crippen LogP contribution in [0.3, 0.4) is 0 Å². The Kier molecular flexibility index (Phi) is 3.79. The number of carbonyl (C=O) groups is 1. The van der Waals surface area contributed by atoms with Crippen molar-refractivity contribution in [2.24, 2.45) is 5.73 Å². The normalized spacial score (nSPS) is 22.6. The van der Waals surface area contributed by atoms with Gasteiger partial charge in [0.1, 0.15) is 0 Å². The molecule has 0 spiro atoms. The molecule has 110 valence electrons. The van der Waals surface area contributed by atoms with E-state index in [1.54, 1.807) is 11.3 Å². The van der Waals surface area contributed by atoms with Crippen molar-refractivity contribution in [2.45, 2.75) is 38.3 Å². The standard InChI is InChI=1S/C14H22N4OS/c1-11-16-12(10-20-11)9-17-5-7-18(8-6-17)13(19)14(15)3-2-4-14/h10H,2-9,15H2,1H3. The van der Waals surface area contributed by atoms with E-state index in [1.165, 1.54) is 0 Å². The quantitative estimate of drug-likeness (QED) is 0.902. The fraction of sp³-hybridized carbons (Fsp3) is 0.714. The van der Waals surface area contributed by atoms with E-state index in [0.717, 1.165) is 62.7 Å². The number of amides is 1. The lowest BCUT2D eigenvalue weighted by Crippen LogP contribution is -2.62. The van der Waals surface area contributed by atoms with E-state index in [4.69, 9.17) is 5.73 Å². The monoisotopic (exact) mass is 294 g/mol. The minimum Gasteiger partial charge on any atom is -0.339 e. The fourth-order valence-corrected chi connectivity index (χ4v) is 3.51. The maximum Gasteiger partial charge on any atom is 0.242 e. The van der Waals surface area contributed by atoms with Gasteiger partial charge >= 0.3 is 0 Å². The van der Waals surface area contributed by atoms with E-state index in [9.17, 15) is 4.79 Å². The molecule has 0 aromatic carbocycles. The van der Waals surface area contributed by atoms with Gasteiger partial charge in [-0.25, -0.2) is 4.98 Å². The summed E-state index contributed by atoms with van der Waals surface area (Å²) in [4.78, 5) is 21.1. The van der Waals surface area contributed by atoms with E-state index in [-0.39, 0.29) is 5.91 Å². The third-order valence-electron chi connectivity index (χ3n) is 4.38. The van der Waals surface area contributed by atoms with Crippen LogP contribution < -0.4 is 5.73 Å². The molecule has 5 nitrogen and oxygen atoms in total. The Morgan fingerprint density at radius 2 is 2.10 bits per heavy atom. The summed E-state index contributed by atoms with van der Waals surface area (Å²) in [5.41, 5.74) is 6.72. The molecule has 1 amide bonds. The van der Waals surface area contributed by atoms with Crippen LogP contribution in [0.15, 0.2) is 5.38 Å². The third kappa shape index (κ3) is 2.73. The van der Waals surface area contributed by atoms with E-state index >= 15 is 0 Å². The summed E-state index contributed by atoms with van der Waals surface area (Å²) in [6.45, 7) is 6.34. The maximum atomic E-state index is 12.3. The predicted molar refractivity (Wildman–Crippen MR) is 79.5 cm³/mol. The van der Waals surface area contributed by atoms with Gasteiger partial charge < -0.3 is 10.6 Å². The average Bonchev–Trinajstić information content (AvgIpc) is 2.81. The highest BCUT2D eigenvalue weighted by Gasteiger charge is 2.43. The topological polar surface area (TPSA) is 62.5 Å². The molecule has 2 N–H and O–H groups in total. The van der Waals surface area contributed by atoms with Crippen molar-refractivity contribution in [2.75, 3.05) is 26.2 Å². The Hall–Kier alpha value is -0.980. The van der Waals surface area contributed by atoms with Gasteiger partial charge in [-0.3, -0.25) is 9.69 Å². The molecule has 1 aromatic rings. The van der Waals surface area contributed by atoms with Crippen LogP contribution in [0.1, 0.15) is 30.0 Å². The zero-order chi connectivity index (χ0) is 14.2. The number of nitrogens with two attached hydrogens (primary N) is 1. The minimum absolute atomic E-state index is 0.160. The zero-order valence-corrected chi connectivity index (χ0v) is 12.8. The molecule has 0 radical (unpaired) electrons. The van der Waals surface area contributed by atoms with Crippen LogP contribution in [0.4, 0.5) is 0 Å². The molecule has 1 aromatic heterocycles. The first-order chi connectivity index (χ1) is 9.57. The second kappa shape index (κ2) is 5.42. The Labute approximate surface area is 123 Å². The van der Waals surface area contributed by atoms with Gasteiger partial charge in [-0.2, -0.15) is 0 Å². The Morgan fingerprint density at radius 1 is 1.40 bits per heavy atom. The Morgan fingerprint density at radius 3 is 2.60 bits per heavy atom. The van der Waals surface area contributed by atoms with Crippen molar-refractivity contribution in [3.05, 3.63) is 16.1 Å². The SMILES string of the molecule is Cc1nc(CN2CCN(C(=O)C3(N)CCC3)CC2)cs1. The fourth-order valence-electron chi connectivity index (χ4n) is 2.91. The second-order valence-corrected chi connectivity index (χ2v) is 7.00. The largest absolute Gasteiger partial charge is 0.339 e. The third-order valence-corrected chi connectivity index (χ3v) is 5.21. The summed E-state index contributed by atoms with van der Waals surface area (Å²) in [6, 6.07) is 0. The van der Waals surface area contributed by atoms with Gasteiger partial charge in [0.05, 0.1) is 16.2 Å². The molecule has 20 heavy (non-hydrogen) atoms. The number of hydrogen-bond donors (Lipinski definition) is 1. The first-order valence-electron chi connectivity index (χ1n) is 7.28. The maximum absolute atomic E-state index is 12.3. The van der Waals surface area contributed by atoms with Crippen LogP contribution >= 0.6 is 11.3 Å². The van der Waals surface area contributed by atoms with Gasteiger partial charge in [-0.1, -0.05) is 0 Å². The molecule has 0 atom stereocenters. The molecule has 2 aliphatic rings. The zero-order valence-electron chi connectivity index (χ0n) is 12.0. The van der Waals surface area contributed by atoms with E-state index in [1.807, 2.05) is 11.8 Å². The first kappa shape index (κ1) is 14.0. The highest BCUT2D eigenvalue weighted by molar-refractivity contribution is 7.09. The Bertz CT molecular complexity index is 489. The minimum atomic E-state index is -0.547. The Balaban J connectivity index is 1.50. The molecule has 0 bridgehead atoms. The van der Waals surface area contributed by atoms with Gasteiger partial charge in [0.25, 0.3) is 0 Å². The summed E-state index contributed by atoms with van der Waals surface area (Å²) in [5, 5.41) is 3.24.